The van der Waals surface area contributed by atoms with Crippen LogP contribution in [0.25, 0.3) is 0 Å². The summed E-state index contributed by atoms with van der Waals surface area (Å²) in [5, 5.41) is 29.3. The predicted octanol–water partition coefficient (Wildman–Crippen LogP) is 2.04. The second-order valence-corrected chi connectivity index (χ2v) is 11.8. The van der Waals surface area contributed by atoms with Crippen molar-refractivity contribution in [3.05, 3.63) is 86.9 Å². The van der Waals surface area contributed by atoms with E-state index in [1.54, 1.807) is 18.2 Å². The summed E-state index contributed by atoms with van der Waals surface area (Å²) in [6.45, 7) is 3.71. The number of aromatic nitrogens is 1. The minimum absolute atomic E-state index is 0.0744. The fourth-order valence-corrected chi connectivity index (χ4v) is 5.72. The number of aliphatic hydroxyl groups is 2. The van der Waals surface area contributed by atoms with Gasteiger partial charge in [-0.15, -0.1) is 11.3 Å². The Morgan fingerprint density at radius 2 is 1.88 bits per heavy atom. The molecule has 0 radical (unpaired) electrons. The number of carbonyl (C=O) groups is 3. The minimum Gasteiger partial charge on any atom is -0.380 e. The number of aryl methyl sites for hydroxylation is 1. The summed E-state index contributed by atoms with van der Waals surface area (Å²) in [5.41, 5.74) is 4.47. The highest BCUT2D eigenvalue weighted by molar-refractivity contribution is 7.09. The molecule has 3 atom stereocenters. The summed E-state index contributed by atoms with van der Waals surface area (Å²) < 4.78 is 0. The number of rotatable bonds is 12. The van der Waals surface area contributed by atoms with E-state index < -0.39 is 24.0 Å². The van der Waals surface area contributed by atoms with Crippen LogP contribution in [0, 0.1) is 6.92 Å². The van der Waals surface area contributed by atoms with Gasteiger partial charge < -0.3 is 30.6 Å². The normalized spacial score (nSPS) is 16.3. The smallest absolute Gasteiger partial charge is 0.255 e. The summed E-state index contributed by atoms with van der Waals surface area (Å²) in [7, 11) is 3.86. The molecule has 4 rings (SSSR count). The molecule has 0 bridgehead atoms. The molecule has 2 heterocycles. The van der Waals surface area contributed by atoms with Crippen molar-refractivity contribution in [2.24, 2.45) is 0 Å². The molecule has 224 valence electrons. The molecule has 11 heteroatoms. The number of thiazole rings is 1. The van der Waals surface area contributed by atoms with Gasteiger partial charge in [-0.1, -0.05) is 36.4 Å². The van der Waals surface area contributed by atoms with Gasteiger partial charge in [-0.05, 0) is 62.7 Å². The monoisotopic (exact) mass is 593 g/mol. The lowest BCUT2D eigenvalue weighted by Gasteiger charge is -2.28. The molecular formula is C31H39N5O5S. The molecule has 0 aliphatic carbocycles. The molecule has 1 aliphatic rings. The van der Waals surface area contributed by atoms with Crippen LogP contribution in [0.5, 0.6) is 0 Å². The third-order valence-electron chi connectivity index (χ3n) is 7.38. The van der Waals surface area contributed by atoms with Crippen molar-refractivity contribution < 1.29 is 24.6 Å². The lowest BCUT2D eigenvalue weighted by Crippen LogP contribution is -2.50. The maximum absolute atomic E-state index is 13.2. The predicted molar refractivity (Wildman–Crippen MR) is 161 cm³/mol. The highest BCUT2D eigenvalue weighted by atomic mass is 32.1. The van der Waals surface area contributed by atoms with E-state index in [0.29, 0.717) is 49.5 Å². The Kier molecular flexibility index (Phi) is 10.8. The number of hydrogen-bond donors (Lipinski definition) is 4. The summed E-state index contributed by atoms with van der Waals surface area (Å²) in [6, 6.07) is 14.8. The fourth-order valence-electron chi connectivity index (χ4n) is 4.99. The Bertz CT molecular complexity index is 1390. The van der Waals surface area contributed by atoms with Crippen LogP contribution < -0.4 is 10.6 Å². The topological polar surface area (TPSA) is 135 Å². The van der Waals surface area contributed by atoms with Crippen molar-refractivity contribution in [1.29, 1.82) is 0 Å². The molecule has 3 aromatic rings. The number of aliphatic hydroxyl groups excluding tert-OH is 2. The third-order valence-corrected chi connectivity index (χ3v) is 8.28. The number of carbonyl (C=O) groups excluding carboxylic acids is 3. The lowest BCUT2D eigenvalue weighted by molar-refractivity contribution is -0.153. The van der Waals surface area contributed by atoms with Crippen LogP contribution in [-0.4, -0.2) is 88.7 Å². The van der Waals surface area contributed by atoms with E-state index in [4.69, 9.17) is 0 Å². The molecule has 1 aromatic heterocycles. The number of likely N-dealkylation sites (tertiary alicyclic amines) is 1. The van der Waals surface area contributed by atoms with Gasteiger partial charge in [0.2, 0.25) is 0 Å². The van der Waals surface area contributed by atoms with Crippen LogP contribution in [-0.2, 0) is 22.6 Å². The number of benzene rings is 2. The zero-order valence-corrected chi connectivity index (χ0v) is 25.1. The molecule has 1 saturated heterocycles. The van der Waals surface area contributed by atoms with Crippen molar-refractivity contribution in [1.82, 2.24) is 25.4 Å². The van der Waals surface area contributed by atoms with Crippen molar-refractivity contribution in [2.45, 2.75) is 51.0 Å². The van der Waals surface area contributed by atoms with Gasteiger partial charge in [0.15, 0.2) is 12.2 Å². The summed E-state index contributed by atoms with van der Waals surface area (Å²) in [5.74, 6) is -1.78. The quantitative estimate of drug-likeness (QED) is 0.252. The molecule has 42 heavy (non-hydrogen) atoms. The first-order valence-corrected chi connectivity index (χ1v) is 15.0. The molecule has 4 N–H and O–H groups in total. The summed E-state index contributed by atoms with van der Waals surface area (Å²) in [4.78, 5) is 46.5. The first kappa shape index (κ1) is 31.3. The molecule has 1 aliphatic heterocycles. The van der Waals surface area contributed by atoms with Gasteiger partial charge in [-0.2, -0.15) is 0 Å². The zero-order chi connectivity index (χ0) is 30.2. The minimum atomic E-state index is -1.93. The average molecular weight is 594 g/mol. The second-order valence-electron chi connectivity index (χ2n) is 10.8. The SMILES string of the molecule is Cc1ccccc1Cc1csc(CNC(=O)[C@H](O)[C@@H](O)C(=O)N2CCC[C@@H]2c2cccc(C(=O)NCCN(C)C)c2)n1. The first-order chi connectivity index (χ1) is 20.1. The molecule has 10 nitrogen and oxygen atoms in total. The lowest BCUT2D eigenvalue weighted by atomic mass is 10.0. The van der Waals surface area contributed by atoms with Crippen molar-refractivity contribution in [2.75, 3.05) is 33.7 Å². The van der Waals surface area contributed by atoms with E-state index in [-0.39, 0.29) is 18.5 Å². The van der Waals surface area contributed by atoms with E-state index >= 15 is 0 Å². The van der Waals surface area contributed by atoms with Crippen molar-refractivity contribution in [3.63, 3.8) is 0 Å². The van der Waals surface area contributed by atoms with E-state index in [0.717, 1.165) is 11.3 Å². The number of amides is 3. The van der Waals surface area contributed by atoms with Crippen LogP contribution in [0.4, 0.5) is 0 Å². The van der Waals surface area contributed by atoms with Gasteiger partial charge >= 0.3 is 0 Å². The Morgan fingerprint density at radius 1 is 1.10 bits per heavy atom. The Labute approximate surface area is 250 Å². The Morgan fingerprint density at radius 3 is 2.64 bits per heavy atom. The molecule has 2 aromatic carbocycles. The molecule has 1 fully saturated rings. The third kappa shape index (κ3) is 8.01. The van der Waals surface area contributed by atoms with Gasteiger partial charge in [-0.3, -0.25) is 14.4 Å². The summed E-state index contributed by atoms with van der Waals surface area (Å²) >= 11 is 1.39. The van der Waals surface area contributed by atoms with Crippen LogP contribution in [0.15, 0.2) is 53.9 Å². The van der Waals surface area contributed by atoms with Crippen molar-refractivity contribution in [3.8, 4) is 0 Å². The first-order valence-electron chi connectivity index (χ1n) is 14.1. The Balaban J connectivity index is 1.32. The van der Waals surface area contributed by atoms with Gasteiger partial charge in [0.1, 0.15) is 5.01 Å². The average Bonchev–Trinajstić information content (AvgIpc) is 3.66. The van der Waals surface area contributed by atoms with Gasteiger partial charge in [-0.25, -0.2) is 4.98 Å². The highest BCUT2D eigenvalue weighted by Crippen LogP contribution is 2.33. The number of likely N-dealkylation sites (N-methyl/N-ethyl adjacent to an activating group) is 1. The maximum atomic E-state index is 13.2. The maximum Gasteiger partial charge on any atom is 0.255 e. The van der Waals surface area contributed by atoms with E-state index in [1.807, 2.05) is 55.6 Å². The van der Waals surface area contributed by atoms with Crippen LogP contribution in [0.3, 0.4) is 0 Å². The highest BCUT2D eigenvalue weighted by Gasteiger charge is 2.38. The zero-order valence-electron chi connectivity index (χ0n) is 24.2. The molecule has 0 unspecified atom stereocenters. The van der Waals surface area contributed by atoms with Gasteiger partial charge in [0.05, 0.1) is 18.3 Å². The van der Waals surface area contributed by atoms with Crippen LogP contribution in [0.2, 0.25) is 0 Å². The Hall–Kier alpha value is -3.64. The van der Waals surface area contributed by atoms with E-state index in [1.165, 1.54) is 27.4 Å². The fraction of sp³-hybridized carbons (Fsp3) is 0.419. The molecular weight excluding hydrogens is 554 g/mol. The van der Waals surface area contributed by atoms with Crippen molar-refractivity contribution >= 4 is 29.1 Å². The van der Waals surface area contributed by atoms with E-state index in [2.05, 4.69) is 21.7 Å². The molecule has 0 saturated carbocycles. The summed E-state index contributed by atoms with van der Waals surface area (Å²) in [6.07, 6.45) is -1.84. The van der Waals surface area contributed by atoms with E-state index in [9.17, 15) is 24.6 Å². The van der Waals surface area contributed by atoms with Gasteiger partial charge in [0, 0.05) is 37.0 Å². The number of nitrogens with one attached hydrogen (secondary N) is 2. The standard InChI is InChI=1S/C31H39N5O5S/c1-20-8-4-5-9-21(20)17-24-19-42-26(34-24)18-33-30(40)27(37)28(38)31(41)36-14-7-12-25(36)22-10-6-11-23(16-22)29(39)32-13-15-35(2)3/h4-6,8-11,16,19,25,27-28,37-38H,7,12-15,17-18H2,1-3H3,(H,32,39)(H,33,40)/t25-,27-,28-/m1/s1. The molecule has 3 amide bonds. The second kappa shape index (κ2) is 14.5. The van der Waals surface area contributed by atoms with Crippen LogP contribution >= 0.6 is 11.3 Å². The van der Waals surface area contributed by atoms with Crippen LogP contribution in [0.1, 0.15) is 56.6 Å². The number of hydrogen-bond acceptors (Lipinski definition) is 8. The number of nitrogens with zero attached hydrogens (tertiary/aromatic N) is 3. The largest absolute Gasteiger partial charge is 0.380 e. The van der Waals surface area contributed by atoms with Gasteiger partial charge in [0.25, 0.3) is 17.7 Å². The molecule has 0 spiro atoms.